The van der Waals surface area contributed by atoms with Crippen molar-refractivity contribution in [2.45, 2.75) is 65.5 Å². The van der Waals surface area contributed by atoms with Gasteiger partial charge in [0.1, 0.15) is 0 Å². The van der Waals surface area contributed by atoms with Crippen molar-refractivity contribution in [1.29, 1.82) is 0 Å². The summed E-state index contributed by atoms with van der Waals surface area (Å²) < 4.78 is 0. The normalized spacial score (nSPS) is 14.8. The molecule has 0 saturated carbocycles. The summed E-state index contributed by atoms with van der Waals surface area (Å²) in [5, 5.41) is 3.23. The first kappa shape index (κ1) is 24.8. The molecule has 0 spiro atoms. The fraction of sp³-hybridized carbons (Fsp3) is 0.481. The summed E-state index contributed by atoms with van der Waals surface area (Å²) in [6.07, 6.45) is 3.69. The highest BCUT2D eigenvalue weighted by Crippen LogP contribution is 2.17. The van der Waals surface area contributed by atoms with E-state index in [2.05, 4.69) is 55.6 Å². The van der Waals surface area contributed by atoms with Gasteiger partial charge in [0.05, 0.1) is 6.04 Å². The van der Waals surface area contributed by atoms with Crippen LogP contribution in [0, 0.1) is 11.8 Å². The minimum absolute atomic E-state index is 0.0526. The number of rotatable bonds is 12. The number of aliphatic imine (C=N–C) groups is 1. The van der Waals surface area contributed by atoms with Gasteiger partial charge in [0, 0.05) is 18.3 Å². The molecule has 2 aromatic rings. The zero-order valence-corrected chi connectivity index (χ0v) is 19.6. The maximum atomic E-state index is 12.6. The van der Waals surface area contributed by atoms with Crippen LogP contribution in [0.3, 0.4) is 0 Å². The molecule has 2 rings (SSSR count). The van der Waals surface area contributed by atoms with Gasteiger partial charge in [0.2, 0.25) is 5.91 Å². The van der Waals surface area contributed by atoms with Gasteiger partial charge < -0.3 is 11.1 Å². The number of hydrogen-bond donors (Lipinski definition) is 2. The standard InChI is InChI=1S/C27H39N3O/c1-20(2)26(28)27(31)30-25(19-24-13-9-6-10-14-24)21(3)15-16-22(4)29-18-17-23-11-7-5-8-12-23/h5-14,20-21,25-26H,15-19,28H2,1-4H3,(H,30,31). The third-order valence-corrected chi connectivity index (χ3v) is 5.92. The van der Waals surface area contributed by atoms with Crippen molar-refractivity contribution >= 4 is 11.6 Å². The molecule has 0 aliphatic rings. The predicted octanol–water partition coefficient (Wildman–Crippen LogP) is 4.82. The second kappa shape index (κ2) is 13.1. The molecule has 3 unspecified atom stereocenters. The number of nitrogens with one attached hydrogen (secondary N) is 1. The van der Waals surface area contributed by atoms with Gasteiger partial charge in [0.25, 0.3) is 0 Å². The summed E-state index contributed by atoms with van der Waals surface area (Å²) >= 11 is 0. The second-order valence-electron chi connectivity index (χ2n) is 8.94. The van der Waals surface area contributed by atoms with Crippen LogP contribution in [0.2, 0.25) is 0 Å². The number of benzene rings is 2. The van der Waals surface area contributed by atoms with Crippen LogP contribution in [0.25, 0.3) is 0 Å². The van der Waals surface area contributed by atoms with Crippen molar-refractivity contribution in [2.75, 3.05) is 6.54 Å². The Labute approximate surface area is 188 Å². The van der Waals surface area contributed by atoms with E-state index in [0.29, 0.717) is 5.92 Å². The molecular weight excluding hydrogens is 382 g/mol. The molecule has 1 amide bonds. The van der Waals surface area contributed by atoms with Gasteiger partial charge in [-0.25, -0.2) is 0 Å². The van der Waals surface area contributed by atoms with Gasteiger partial charge in [0.15, 0.2) is 0 Å². The van der Waals surface area contributed by atoms with Gasteiger partial charge >= 0.3 is 0 Å². The van der Waals surface area contributed by atoms with Gasteiger partial charge in [-0.2, -0.15) is 0 Å². The zero-order chi connectivity index (χ0) is 22.6. The maximum Gasteiger partial charge on any atom is 0.237 e. The molecule has 0 aromatic heterocycles. The summed E-state index contributed by atoms with van der Waals surface area (Å²) in [7, 11) is 0. The van der Waals surface area contributed by atoms with E-state index in [9.17, 15) is 4.79 Å². The molecule has 0 radical (unpaired) electrons. The van der Waals surface area contributed by atoms with Crippen LogP contribution in [0.5, 0.6) is 0 Å². The molecule has 0 heterocycles. The highest BCUT2D eigenvalue weighted by molar-refractivity contribution is 5.82. The quantitative estimate of drug-likeness (QED) is 0.483. The van der Waals surface area contributed by atoms with E-state index < -0.39 is 6.04 Å². The van der Waals surface area contributed by atoms with Crippen LogP contribution in [-0.4, -0.2) is 30.2 Å². The lowest BCUT2D eigenvalue weighted by Crippen LogP contribution is -2.50. The molecule has 3 atom stereocenters. The van der Waals surface area contributed by atoms with Crippen LogP contribution >= 0.6 is 0 Å². The van der Waals surface area contributed by atoms with E-state index in [0.717, 1.165) is 32.2 Å². The molecule has 3 N–H and O–H groups in total. The summed E-state index contributed by atoms with van der Waals surface area (Å²) in [6.45, 7) is 9.10. The first-order chi connectivity index (χ1) is 14.9. The smallest absolute Gasteiger partial charge is 0.237 e. The molecule has 0 aliphatic heterocycles. The third kappa shape index (κ3) is 9.06. The fourth-order valence-corrected chi connectivity index (χ4v) is 3.58. The number of hydrogen-bond acceptors (Lipinski definition) is 3. The Morgan fingerprint density at radius 3 is 2.13 bits per heavy atom. The van der Waals surface area contributed by atoms with Crippen molar-refractivity contribution in [3.8, 4) is 0 Å². The van der Waals surface area contributed by atoms with Gasteiger partial charge in [-0.05, 0) is 55.6 Å². The Balaban J connectivity index is 1.93. The van der Waals surface area contributed by atoms with E-state index >= 15 is 0 Å². The van der Waals surface area contributed by atoms with E-state index in [1.165, 1.54) is 16.8 Å². The summed E-state index contributed by atoms with van der Waals surface area (Å²) in [5.41, 5.74) is 9.82. The van der Waals surface area contributed by atoms with Gasteiger partial charge in [-0.1, -0.05) is 81.4 Å². The SMILES string of the molecule is CC(CCC(C)C(Cc1ccccc1)NC(=O)C(N)C(C)C)=NCCc1ccccc1. The molecular formula is C27H39N3O. The average molecular weight is 422 g/mol. The minimum atomic E-state index is -0.480. The maximum absolute atomic E-state index is 12.6. The number of nitrogens with two attached hydrogens (primary N) is 1. The zero-order valence-electron chi connectivity index (χ0n) is 19.6. The van der Waals surface area contributed by atoms with Crippen molar-refractivity contribution in [1.82, 2.24) is 5.32 Å². The number of nitrogens with zero attached hydrogens (tertiary/aromatic N) is 1. The summed E-state index contributed by atoms with van der Waals surface area (Å²) in [4.78, 5) is 17.4. The summed E-state index contributed by atoms with van der Waals surface area (Å²) in [6, 6.07) is 20.4. The van der Waals surface area contributed by atoms with Crippen LogP contribution in [-0.2, 0) is 17.6 Å². The topological polar surface area (TPSA) is 67.5 Å². The van der Waals surface area contributed by atoms with Crippen molar-refractivity contribution < 1.29 is 4.79 Å². The van der Waals surface area contributed by atoms with Gasteiger partial charge in [-0.15, -0.1) is 0 Å². The van der Waals surface area contributed by atoms with Crippen LogP contribution in [0.4, 0.5) is 0 Å². The highest BCUT2D eigenvalue weighted by atomic mass is 16.2. The van der Waals surface area contributed by atoms with E-state index in [4.69, 9.17) is 10.7 Å². The number of amides is 1. The largest absolute Gasteiger partial charge is 0.351 e. The lowest BCUT2D eigenvalue weighted by molar-refractivity contribution is -0.124. The highest BCUT2D eigenvalue weighted by Gasteiger charge is 2.24. The van der Waals surface area contributed by atoms with Crippen molar-refractivity contribution in [2.24, 2.45) is 22.6 Å². The molecule has 0 fully saturated rings. The van der Waals surface area contributed by atoms with Crippen LogP contribution in [0.15, 0.2) is 65.7 Å². The summed E-state index contributed by atoms with van der Waals surface area (Å²) in [5.74, 6) is 0.380. The van der Waals surface area contributed by atoms with Crippen molar-refractivity contribution in [3.05, 3.63) is 71.8 Å². The van der Waals surface area contributed by atoms with Crippen LogP contribution < -0.4 is 11.1 Å². The second-order valence-corrected chi connectivity index (χ2v) is 8.94. The lowest BCUT2D eigenvalue weighted by atomic mass is 9.90. The molecule has 168 valence electrons. The first-order valence-corrected chi connectivity index (χ1v) is 11.5. The number of carbonyl (C=O) groups is 1. The molecule has 31 heavy (non-hydrogen) atoms. The average Bonchev–Trinajstić information content (AvgIpc) is 2.77. The van der Waals surface area contributed by atoms with Crippen LogP contribution in [0.1, 0.15) is 51.7 Å². The Morgan fingerprint density at radius 1 is 0.968 bits per heavy atom. The number of carbonyl (C=O) groups excluding carboxylic acids is 1. The fourth-order valence-electron chi connectivity index (χ4n) is 3.58. The first-order valence-electron chi connectivity index (χ1n) is 11.5. The molecule has 0 saturated heterocycles. The van der Waals surface area contributed by atoms with E-state index in [1.807, 2.05) is 38.1 Å². The molecule has 0 bridgehead atoms. The van der Waals surface area contributed by atoms with Gasteiger partial charge in [-0.3, -0.25) is 9.79 Å². The monoisotopic (exact) mass is 421 g/mol. The van der Waals surface area contributed by atoms with E-state index in [-0.39, 0.29) is 17.9 Å². The minimum Gasteiger partial charge on any atom is -0.351 e. The molecule has 4 nitrogen and oxygen atoms in total. The third-order valence-electron chi connectivity index (χ3n) is 5.92. The Kier molecular flexibility index (Phi) is 10.5. The van der Waals surface area contributed by atoms with E-state index in [1.54, 1.807) is 0 Å². The predicted molar refractivity (Wildman–Crippen MR) is 131 cm³/mol. The molecule has 4 heteroatoms. The Hall–Kier alpha value is -2.46. The molecule has 0 aliphatic carbocycles. The molecule has 2 aromatic carbocycles. The Bertz CT molecular complexity index is 802. The Morgan fingerprint density at radius 2 is 1.55 bits per heavy atom. The lowest BCUT2D eigenvalue weighted by Gasteiger charge is -2.28. The van der Waals surface area contributed by atoms with Crippen molar-refractivity contribution in [3.63, 3.8) is 0 Å².